The SMILES string of the molecule is Cn1c2cc(C(=O)NCCCN3CCC(F)CC3)ccc2n2cc(-c3ccc([C@@H]4CCCN4C(=O)O)cc3F)nc12. The van der Waals surface area contributed by atoms with Gasteiger partial charge in [-0.05, 0) is 74.5 Å². The molecule has 41 heavy (non-hydrogen) atoms. The highest BCUT2D eigenvalue weighted by molar-refractivity contribution is 5.98. The summed E-state index contributed by atoms with van der Waals surface area (Å²) in [7, 11) is 1.86. The maximum absolute atomic E-state index is 15.3. The smallest absolute Gasteiger partial charge is 0.407 e. The van der Waals surface area contributed by atoms with Gasteiger partial charge in [0.1, 0.15) is 12.0 Å². The molecule has 0 saturated carbocycles. The lowest BCUT2D eigenvalue weighted by Crippen LogP contribution is -2.36. The molecule has 2 amide bonds. The Balaban J connectivity index is 1.16. The molecule has 2 aromatic carbocycles. The lowest BCUT2D eigenvalue weighted by Gasteiger charge is -2.28. The summed E-state index contributed by atoms with van der Waals surface area (Å²) < 4.78 is 32.3. The number of alkyl halides is 1. The standard InChI is InChI=1S/C30H34F2N6O3/c1-35-27-17-20(28(39)33-11-3-12-36-14-9-21(31)10-15-36)6-8-26(27)38-18-24(34-29(35)38)22-7-5-19(16-23(22)32)25-4-2-13-37(25)30(40)41/h5-8,16-18,21,25H,2-4,9-15H2,1H3,(H,33,39)(H,40,41)/t25-/m0/s1. The van der Waals surface area contributed by atoms with E-state index in [-0.39, 0.29) is 11.9 Å². The minimum absolute atomic E-state index is 0.153. The first-order valence-corrected chi connectivity index (χ1v) is 14.2. The highest BCUT2D eigenvalue weighted by atomic mass is 19.1. The number of likely N-dealkylation sites (tertiary alicyclic amines) is 2. The zero-order valence-corrected chi connectivity index (χ0v) is 23.0. The van der Waals surface area contributed by atoms with E-state index >= 15 is 4.39 Å². The monoisotopic (exact) mass is 564 g/mol. The Kier molecular flexibility index (Phi) is 7.37. The molecule has 2 fully saturated rings. The van der Waals surface area contributed by atoms with E-state index in [1.165, 1.54) is 11.0 Å². The third-order valence-electron chi connectivity index (χ3n) is 8.45. The molecule has 2 saturated heterocycles. The molecular formula is C30H34F2N6O3. The third-order valence-corrected chi connectivity index (χ3v) is 8.45. The van der Waals surface area contributed by atoms with Crippen molar-refractivity contribution in [1.29, 1.82) is 0 Å². The topological polar surface area (TPSA) is 95.1 Å². The van der Waals surface area contributed by atoms with Gasteiger partial charge < -0.3 is 24.8 Å². The number of carboxylic acid groups (broad SMARTS) is 1. The number of hydrogen-bond acceptors (Lipinski definition) is 4. The predicted molar refractivity (Wildman–Crippen MR) is 151 cm³/mol. The van der Waals surface area contributed by atoms with Crippen molar-refractivity contribution in [1.82, 2.24) is 29.1 Å². The molecule has 2 aliphatic rings. The average Bonchev–Trinajstić information content (AvgIpc) is 3.68. The largest absolute Gasteiger partial charge is 0.465 e. The van der Waals surface area contributed by atoms with Gasteiger partial charge in [-0.3, -0.25) is 9.20 Å². The summed E-state index contributed by atoms with van der Waals surface area (Å²) in [5, 5.41) is 12.4. The normalized spacial score (nSPS) is 18.5. The summed E-state index contributed by atoms with van der Waals surface area (Å²) in [6.07, 6.45) is 3.51. The number of benzene rings is 2. The molecule has 4 heterocycles. The minimum atomic E-state index is -0.990. The third kappa shape index (κ3) is 5.26. The van der Waals surface area contributed by atoms with Gasteiger partial charge in [0, 0.05) is 50.6 Å². The van der Waals surface area contributed by atoms with Gasteiger partial charge in [0.25, 0.3) is 5.91 Å². The van der Waals surface area contributed by atoms with Crippen LogP contribution in [0.4, 0.5) is 13.6 Å². The van der Waals surface area contributed by atoms with Crippen LogP contribution in [0.15, 0.2) is 42.6 Å². The summed E-state index contributed by atoms with van der Waals surface area (Å²) in [5.74, 6) is 0.0130. The Morgan fingerprint density at radius 3 is 2.63 bits per heavy atom. The molecule has 0 bridgehead atoms. The molecule has 2 aromatic heterocycles. The van der Waals surface area contributed by atoms with Crippen LogP contribution in [0.1, 0.15) is 54.1 Å². The Morgan fingerprint density at radius 2 is 1.88 bits per heavy atom. The van der Waals surface area contributed by atoms with Crippen LogP contribution in [-0.2, 0) is 7.05 Å². The molecule has 0 aliphatic carbocycles. The summed E-state index contributed by atoms with van der Waals surface area (Å²) >= 11 is 0. The van der Waals surface area contributed by atoms with E-state index in [1.54, 1.807) is 24.4 Å². The number of fused-ring (bicyclic) bond motifs is 3. The number of imidazole rings is 2. The van der Waals surface area contributed by atoms with Crippen LogP contribution in [0, 0.1) is 5.82 Å². The summed E-state index contributed by atoms with van der Waals surface area (Å²) in [4.78, 5) is 32.6. The van der Waals surface area contributed by atoms with E-state index in [0.29, 0.717) is 60.5 Å². The quantitative estimate of drug-likeness (QED) is 0.308. The molecule has 0 spiro atoms. The average molecular weight is 565 g/mol. The maximum Gasteiger partial charge on any atom is 0.407 e. The van der Waals surface area contributed by atoms with Crippen molar-refractivity contribution in [2.75, 3.05) is 32.7 Å². The second-order valence-electron chi connectivity index (χ2n) is 11.1. The van der Waals surface area contributed by atoms with E-state index in [9.17, 15) is 19.1 Å². The first-order valence-electron chi connectivity index (χ1n) is 14.2. The van der Waals surface area contributed by atoms with Gasteiger partial charge in [0.15, 0.2) is 0 Å². The van der Waals surface area contributed by atoms with Crippen LogP contribution in [0.25, 0.3) is 28.1 Å². The second kappa shape index (κ2) is 11.1. The molecule has 9 nitrogen and oxygen atoms in total. The molecule has 11 heteroatoms. The predicted octanol–water partition coefficient (Wildman–Crippen LogP) is 5.00. The molecule has 4 aromatic rings. The number of nitrogens with one attached hydrogen (secondary N) is 1. The number of hydrogen-bond donors (Lipinski definition) is 2. The lowest BCUT2D eigenvalue weighted by atomic mass is 10.0. The van der Waals surface area contributed by atoms with E-state index < -0.39 is 18.1 Å². The number of amides is 2. The van der Waals surface area contributed by atoms with Crippen LogP contribution >= 0.6 is 0 Å². The number of nitrogens with zero attached hydrogens (tertiary/aromatic N) is 5. The zero-order chi connectivity index (χ0) is 28.7. The molecule has 216 valence electrons. The first kappa shape index (κ1) is 27.2. The number of carbonyl (C=O) groups is 2. The Bertz CT molecular complexity index is 1610. The fourth-order valence-electron chi connectivity index (χ4n) is 6.18. The van der Waals surface area contributed by atoms with Crippen molar-refractivity contribution in [3.8, 4) is 11.3 Å². The van der Waals surface area contributed by atoms with Gasteiger partial charge in [-0.15, -0.1) is 0 Å². The molecular weight excluding hydrogens is 530 g/mol. The lowest BCUT2D eigenvalue weighted by molar-refractivity contribution is 0.0949. The fraction of sp³-hybridized carbons (Fsp3) is 0.433. The number of aryl methyl sites for hydroxylation is 1. The number of halogens is 2. The van der Waals surface area contributed by atoms with Gasteiger partial charge >= 0.3 is 6.09 Å². The van der Waals surface area contributed by atoms with Crippen LogP contribution in [0.2, 0.25) is 0 Å². The van der Waals surface area contributed by atoms with Gasteiger partial charge in [-0.25, -0.2) is 18.6 Å². The molecule has 0 radical (unpaired) electrons. The van der Waals surface area contributed by atoms with Crippen molar-refractivity contribution in [3.63, 3.8) is 0 Å². The van der Waals surface area contributed by atoms with Crippen molar-refractivity contribution >= 4 is 28.8 Å². The van der Waals surface area contributed by atoms with Crippen LogP contribution in [0.5, 0.6) is 0 Å². The Morgan fingerprint density at radius 1 is 1.07 bits per heavy atom. The van der Waals surface area contributed by atoms with Crippen molar-refractivity contribution in [2.45, 2.75) is 44.3 Å². The molecule has 2 N–H and O–H groups in total. The van der Waals surface area contributed by atoms with E-state index in [1.807, 2.05) is 28.1 Å². The highest BCUT2D eigenvalue weighted by Gasteiger charge is 2.30. The van der Waals surface area contributed by atoms with Crippen LogP contribution < -0.4 is 5.32 Å². The molecule has 2 aliphatic heterocycles. The number of rotatable bonds is 7. The van der Waals surface area contributed by atoms with E-state index in [0.717, 1.165) is 43.5 Å². The molecule has 0 unspecified atom stereocenters. The van der Waals surface area contributed by atoms with Gasteiger partial charge in [-0.1, -0.05) is 6.07 Å². The maximum atomic E-state index is 15.3. The molecule has 6 rings (SSSR count). The van der Waals surface area contributed by atoms with Crippen LogP contribution in [-0.4, -0.2) is 79.8 Å². The second-order valence-corrected chi connectivity index (χ2v) is 11.1. The summed E-state index contributed by atoms with van der Waals surface area (Å²) in [5.41, 5.74) is 3.67. The van der Waals surface area contributed by atoms with Gasteiger partial charge in [0.2, 0.25) is 5.78 Å². The minimum Gasteiger partial charge on any atom is -0.465 e. The summed E-state index contributed by atoms with van der Waals surface area (Å²) in [6, 6.07) is 9.99. The highest BCUT2D eigenvalue weighted by Crippen LogP contribution is 2.34. The number of carbonyl (C=O) groups excluding carboxylic acids is 1. The van der Waals surface area contributed by atoms with Crippen LogP contribution in [0.3, 0.4) is 0 Å². The van der Waals surface area contributed by atoms with Gasteiger partial charge in [0.05, 0.1) is 22.8 Å². The van der Waals surface area contributed by atoms with Crippen molar-refractivity contribution in [2.24, 2.45) is 7.05 Å². The zero-order valence-electron chi connectivity index (χ0n) is 23.0. The van der Waals surface area contributed by atoms with E-state index in [2.05, 4.69) is 15.2 Å². The Hall–Kier alpha value is -3.99. The summed E-state index contributed by atoms with van der Waals surface area (Å²) in [6.45, 7) is 3.38. The first-order chi connectivity index (χ1) is 19.8. The van der Waals surface area contributed by atoms with Crippen molar-refractivity contribution in [3.05, 3.63) is 59.5 Å². The van der Waals surface area contributed by atoms with Gasteiger partial charge in [-0.2, -0.15) is 0 Å². The fourth-order valence-corrected chi connectivity index (χ4v) is 6.18. The van der Waals surface area contributed by atoms with Crippen molar-refractivity contribution < 1.29 is 23.5 Å². The Labute approximate surface area is 236 Å². The van der Waals surface area contributed by atoms with E-state index in [4.69, 9.17) is 0 Å². The number of aromatic nitrogens is 3. The molecule has 1 atom stereocenters. The number of piperidine rings is 1.